The van der Waals surface area contributed by atoms with Crippen LogP contribution in [0.15, 0.2) is 12.1 Å². The summed E-state index contributed by atoms with van der Waals surface area (Å²) in [5, 5.41) is 0. The first-order valence-corrected chi connectivity index (χ1v) is 4.69. The Kier molecular flexibility index (Phi) is 3.93. The van der Waals surface area contributed by atoms with E-state index in [4.69, 9.17) is 0 Å². The average molecular weight is 249 g/mol. The van der Waals surface area contributed by atoms with Crippen molar-refractivity contribution in [2.24, 2.45) is 0 Å². The third kappa shape index (κ3) is 3.08. The van der Waals surface area contributed by atoms with Crippen LogP contribution in [0, 0.1) is 0 Å². The fraction of sp³-hybridized carbons (Fsp3) is 0.400. The third-order valence-electron chi connectivity index (χ3n) is 1.84. The minimum Gasteiger partial charge on any atom is -0.480 e. The second-order valence-corrected chi connectivity index (χ2v) is 2.97. The van der Waals surface area contributed by atoms with Crippen molar-refractivity contribution in [2.75, 3.05) is 13.7 Å². The molecule has 0 fully saturated rings. The number of nitrogens with zero attached hydrogens (tertiary/aromatic N) is 1. The highest BCUT2D eigenvalue weighted by Gasteiger charge is 2.33. The normalized spacial score (nSPS) is 11.1. The Hall–Kier alpha value is -1.79. The van der Waals surface area contributed by atoms with Crippen LogP contribution in [0.1, 0.15) is 23.0 Å². The van der Waals surface area contributed by atoms with Crippen molar-refractivity contribution in [2.45, 2.75) is 13.1 Å². The van der Waals surface area contributed by atoms with Gasteiger partial charge in [0.15, 0.2) is 0 Å². The molecule has 1 rings (SSSR count). The first kappa shape index (κ1) is 13.3. The molecule has 0 aromatic carbocycles. The molecule has 0 aliphatic rings. The van der Waals surface area contributed by atoms with Crippen molar-refractivity contribution in [3.63, 3.8) is 0 Å². The zero-order chi connectivity index (χ0) is 13.1. The molecule has 17 heavy (non-hydrogen) atoms. The first-order chi connectivity index (χ1) is 7.90. The fourth-order valence-corrected chi connectivity index (χ4v) is 1.12. The van der Waals surface area contributed by atoms with Gasteiger partial charge in [-0.3, -0.25) is 0 Å². The molecule has 0 spiro atoms. The maximum absolute atomic E-state index is 12.4. The predicted octanol–water partition coefficient (Wildman–Crippen LogP) is 2.29. The Morgan fingerprint density at radius 3 is 2.53 bits per heavy atom. The van der Waals surface area contributed by atoms with Crippen molar-refractivity contribution in [3.05, 3.63) is 23.4 Å². The van der Waals surface area contributed by atoms with Gasteiger partial charge in [0.05, 0.1) is 13.7 Å². The lowest BCUT2D eigenvalue weighted by Gasteiger charge is -2.10. The quantitative estimate of drug-likeness (QED) is 0.771. The number of aromatic nitrogens is 1. The van der Waals surface area contributed by atoms with Gasteiger partial charge in [-0.05, 0) is 19.1 Å². The van der Waals surface area contributed by atoms with Gasteiger partial charge >= 0.3 is 12.1 Å². The van der Waals surface area contributed by atoms with Crippen molar-refractivity contribution in [1.29, 1.82) is 0 Å². The minimum atomic E-state index is -4.58. The van der Waals surface area contributed by atoms with Gasteiger partial charge in [-0.2, -0.15) is 13.2 Å². The van der Waals surface area contributed by atoms with E-state index in [-0.39, 0.29) is 12.2 Å². The number of carbonyl (C=O) groups is 1. The molecule has 0 radical (unpaired) electrons. The summed E-state index contributed by atoms with van der Waals surface area (Å²) < 4.78 is 46.3. The van der Waals surface area contributed by atoms with E-state index in [0.29, 0.717) is 6.07 Å². The second kappa shape index (κ2) is 5.03. The average Bonchev–Trinajstić information content (AvgIpc) is 2.27. The van der Waals surface area contributed by atoms with Crippen LogP contribution >= 0.6 is 0 Å². The molecule has 0 bridgehead atoms. The van der Waals surface area contributed by atoms with Crippen LogP contribution < -0.4 is 4.74 Å². The topological polar surface area (TPSA) is 48.4 Å². The standard InChI is InChI=1S/C10H10F3NO3/c1-3-17-9(15)6-4-5-7(10(11,12)13)14-8(6)16-2/h4-5H,3H2,1-2H3. The zero-order valence-electron chi connectivity index (χ0n) is 9.17. The van der Waals surface area contributed by atoms with Gasteiger partial charge in [-0.15, -0.1) is 0 Å². The predicted molar refractivity (Wildman–Crippen MR) is 51.7 cm³/mol. The highest BCUT2D eigenvalue weighted by molar-refractivity contribution is 5.91. The Bertz CT molecular complexity index is 418. The molecule has 0 saturated carbocycles. The number of esters is 1. The summed E-state index contributed by atoms with van der Waals surface area (Å²) in [5.41, 5.74) is -1.26. The Morgan fingerprint density at radius 1 is 1.41 bits per heavy atom. The van der Waals surface area contributed by atoms with Gasteiger partial charge in [0.2, 0.25) is 5.88 Å². The summed E-state index contributed by atoms with van der Waals surface area (Å²) in [6.07, 6.45) is -4.58. The van der Waals surface area contributed by atoms with E-state index < -0.39 is 23.7 Å². The van der Waals surface area contributed by atoms with Gasteiger partial charge in [-0.25, -0.2) is 9.78 Å². The number of carbonyl (C=O) groups excluding carboxylic acids is 1. The van der Waals surface area contributed by atoms with E-state index in [0.717, 1.165) is 13.2 Å². The van der Waals surface area contributed by atoms with Gasteiger partial charge in [0.1, 0.15) is 11.3 Å². The molecule has 1 aromatic rings. The van der Waals surface area contributed by atoms with E-state index in [1.807, 2.05) is 0 Å². The first-order valence-electron chi connectivity index (χ1n) is 4.69. The Labute approximate surface area is 95.4 Å². The van der Waals surface area contributed by atoms with Crippen LogP contribution in [-0.4, -0.2) is 24.7 Å². The van der Waals surface area contributed by atoms with Crippen LogP contribution in [0.2, 0.25) is 0 Å². The summed E-state index contributed by atoms with van der Waals surface area (Å²) in [7, 11) is 1.13. The highest BCUT2D eigenvalue weighted by Crippen LogP contribution is 2.30. The SMILES string of the molecule is CCOC(=O)c1ccc(C(F)(F)F)nc1OC. The van der Waals surface area contributed by atoms with Gasteiger partial charge < -0.3 is 9.47 Å². The molecule has 0 N–H and O–H groups in total. The summed E-state index contributed by atoms with van der Waals surface area (Å²) in [6.45, 7) is 1.70. The molecule has 4 nitrogen and oxygen atoms in total. The Balaban J connectivity index is 3.14. The minimum absolute atomic E-state index is 0.114. The van der Waals surface area contributed by atoms with E-state index in [2.05, 4.69) is 14.5 Å². The molecule has 1 heterocycles. The molecule has 7 heteroatoms. The van der Waals surface area contributed by atoms with Gasteiger partial charge in [-0.1, -0.05) is 0 Å². The number of pyridine rings is 1. The maximum atomic E-state index is 12.4. The molecule has 0 amide bonds. The van der Waals surface area contributed by atoms with Crippen LogP contribution in [0.3, 0.4) is 0 Å². The lowest BCUT2D eigenvalue weighted by molar-refractivity contribution is -0.141. The molecular weight excluding hydrogens is 239 g/mol. The fourth-order valence-electron chi connectivity index (χ4n) is 1.12. The highest BCUT2D eigenvalue weighted by atomic mass is 19.4. The molecule has 0 atom stereocenters. The molecule has 94 valence electrons. The summed E-state index contributed by atoms with van der Waals surface area (Å²) >= 11 is 0. The molecule has 0 aliphatic carbocycles. The number of methoxy groups -OCH3 is 1. The number of ether oxygens (including phenoxy) is 2. The van der Waals surface area contributed by atoms with Crippen LogP contribution in [0.25, 0.3) is 0 Å². The van der Waals surface area contributed by atoms with Crippen LogP contribution in [0.4, 0.5) is 13.2 Å². The number of rotatable bonds is 3. The monoisotopic (exact) mass is 249 g/mol. The summed E-state index contributed by atoms with van der Waals surface area (Å²) in [4.78, 5) is 14.6. The van der Waals surface area contributed by atoms with Crippen LogP contribution in [0.5, 0.6) is 5.88 Å². The second-order valence-electron chi connectivity index (χ2n) is 2.97. The number of halogens is 3. The third-order valence-corrected chi connectivity index (χ3v) is 1.84. The van der Waals surface area contributed by atoms with Gasteiger partial charge in [0, 0.05) is 0 Å². The smallest absolute Gasteiger partial charge is 0.433 e. The summed E-state index contributed by atoms with van der Waals surface area (Å²) in [6, 6.07) is 1.68. The largest absolute Gasteiger partial charge is 0.480 e. The van der Waals surface area contributed by atoms with Gasteiger partial charge in [0.25, 0.3) is 0 Å². The van der Waals surface area contributed by atoms with E-state index >= 15 is 0 Å². The summed E-state index contributed by atoms with van der Waals surface area (Å²) in [5.74, 6) is -1.18. The number of hydrogen-bond acceptors (Lipinski definition) is 4. The van der Waals surface area contributed by atoms with Crippen molar-refractivity contribution in [3.8, 4) is 5.88 Å². The lowest BCUT2D eigenvalue weighted by atomic mass is 10.2. The number of hydrogen-bond donors (Lipinski definition) is 0. The molecular formula is C10H10F3NO3. The lowest BCUT2D eigenvalue weighted by Crippen LogP contribution is -2.13. The van der Waals surface area contributed by atoms with Crippen molar-refractivity contribution in [1.82, 2.24) is 4.98 Å². The molecule has 0 saturated heterocycles. The zero-order valence-corrected chi connectivity index (χ0v) is 9.17. The number of alkyl halides is 3. The van der Waals surface area contributed by atoms with E-state index in [9.17, 15) is 18.0 Å². The molecule has 0 aliphatic heterocycles. The molecule has 1 aromatic heterocycles. The van der Waals surface area contributed by atoms with Crippen molar-refractivity contribution < 1.29 is 27.4 Å². The van der Waals surface area contributed by atoms with E-state index in [1.54, 1.807) is 6.92 Å². The van der Waals surface area contributed by atoms with Crippen LogP contribution in [-0.2, 0) is 10.9 Å². The molecule has 0 unspecified atom stereocenters. The Morgan fingerprint density at radius 2 is 2.06 bits per heavy atom. The van der Waals surface area contributed by atoms with Crippen molar-refractivity contribution >= 4 is 5.97 Å². The maximum Gasteiger partial charge on any atom is 0.433 e. The van der Waals surface area contributed by atoms with E-state index in [1.165, 1.54) is 0 Å².